The molecule has 0 saturated heterocycles. The summed E-state index contributed by atoms with van der Waals surface area (Å²) in [7, 11) is 2.08. The molecule has 166 valence electrons. The van der Waals surface area contributed by atoms with Crippen LogP contribution >= 0.6 is 0 Å². The normalized spacial score (nSPS) is 12.5. The van der Waals surface area contributed by atoms with Crippen molar-refractivity contribution in [3.8, 4) is 5.69 Å². The van der Waals surface area contributed by atoms with Crippen LogP contribution in [0.1, 0.15) is 41.4 Å². The van der Waals surface area contributed by atoms with Gasteiger partial charge in [0.15, 0.2) is 0 Å². The molecule has 3 aromatic carbocycles. The second kappa shape index (κ2) is 9.00. The van der Waals surface area contributed by atoms with Crippen molar-refractivity contribution in [3.63, 3.8) is 0 Å². The van der Waals surface area contributed by atoms with E-state index in [9.17, 15) is 0 Å². The zero-order chi connectivity index (χ0) is 22.8. The van der Waals surface area contributed by atoms with Crippen molar-refractivity contribution in [2.75, 3.05) is 7.05 Å². The van der Waals surface area contributed by atoms with Crippen molar-refractivity contribution in [3.05, 3.63) is 108 Å². The highest BCUT2D eigenvalue weighted by molar-refractivity contribution is 5.77. The molecule has 33 heavy (non-hydrogen) atoms. The number of rotatable bonds is 7. The molecule has 0 amide bonds. The predicted octanol–water partition coefficient (Wildman–Crippen LogP) is 5.50. The van der Waals surface area contributed by atoms with Gasteiger partial charge in [-0.15, -0.1) is 10.2 Å². The molecule has 5 aromatic rings. The molecule has 2 aromatic heterocycles. The first-order valence-electron chi connectivity index (χ1n) is 11.2. The number of hydrogen-bond donors (Lipinski definition) is 0. The molecule has 6 heteroatoms. The molecule has 0 aliphatic rings. The molecule has 0 radical (unpaired) electrons. The van der Waals surface area contributed by atoms with Crippen LogP contribution in [0.15, 0.2) is 83.5 Å². The summed E-state index contributed by atoms with van der Waals surface area (Å²) >= 11 is 0. The van der Waals surface area contributed by atoms with Gasteiger partial charge in [-0.1, -0.05) is 48.5 Å². The van der Waals surface area contributed by atoms with E-state index in [1.807, 2.05) is 36.7 Å². The lowest BCUT2D eigenvalue weighted by Crippen LogP contribution is -2.22. The molecule has 0 unspecified atom stereocenters. The lowest BCUT2D eigenvalue weighted by molar-refractivity contribution is 0.226. The molecule has 6 nitrogen and oxygen atoms in total. The molecule has 0 N–H and O–H groups in total. The summed E-state index contributed by atoms with van der Waals surface area (Å²) in [6.45, 7) is 4.88. The largest absolute Gasteiger partial charge is 0.424 e. The van der Waals surface area contributed by atoms with Gasteiger partial charge in [0.05, 0.1) is 24.0 Å². The van der Waals surface area contributed by atoms with E-state index in [-0.39, 0.29) is 6.04 Å². The summed E-state index contributed by atoms with van der Waals surface area (Å²) in [5, 5.41) is 8.52. The topological polar surface area (TPSA) is 60.0 Å². The van der Waals surface area contributed by atoms with Crippen LogP contribution in [0.3, 0.4) is 0 Å². The number of benzene rings is 3. The van der Waals surface area contributed by atoms with Gasteiger partial charge < -0.3 is 4.42 Å². The highest BCUT2D eigenvalue weighted by Crippen LogP contribution is 2.24. The van der Waals surface area contributed by atoms with Gasteiger partial charge in [0.25, 0.3) is 0 Å². The van der Waals surface area contributed by atoms with Crippen LogP contribution in [0.4, 0.5) is 0 Å². The third-order valence-electron chi connectivity index (χ3n) is 6.26. The average Bonchev–Trinajstić information content (AvgIpc) is 3.47. The molecule has 0 spiro atoms. The Balaban J connectivity index is 1.26. The fraction of sp³-hybridized carbons (Fsp3) is 0.222. The van der Waals surface area contributed by atoms with Crippen LogP contribution in [0.5, 0.6) is 0 Å². The van der Waals surface area contributed by atoms with E-state index in [1.54, 1.807) is 0 Å². The van der Waals surface area contributed by atoms with Gasteiger partial charge in [0.2, 0.25) is 11.8 Å². The number of imidazole rings is 1. The van der Waals surface area contributed by atoms with Gasteiger partial charge >= 0.3 is 0 Å². The first-order chi connectivity index (χ1) is 16.1. The van der Waals surface area contributed by atoms with E-state index in [0.717, 1.165) is 16.7 Å². The lowest BCUT2D eigenvalue weighted by Gasteiger charge is -2.23. The van der Waals surface area contributed by atoms with Crippen molar-refractivity contribution in [2.45, 2.75) is 32.9 Å². The summed E-state index contributed by atoms with van der Waals surface area (Å²) in [5.41, 5.74) is 6.87. The number of aromatic nitrogens is 4. The van der Waals surface area contributed by atoms with Crippen LogP contribution in [-0.4, -0.2) is 31.7 Å². The van der Waals surface area contributed by atoms with Gasteiger partial charge in [-0.25, -0.2) is 4.98 Å². The van der Waals surface area contributed by atoms with Crippen molar-refractivity contribution in [1.29, 1.82) is 0 Å². The van der Waals surface area contributed by atoms with Gasteiger partial charge in [-0.2, -0.15) is 0 Å². The zero-order valence-corrected chi connectivity index (χ0v) is 19.1. The van der Waals surface area contributed by atoms with Crippen LogP contribution in [0, 0.1) is 6.92 Å². The molecule has 0 bridgehead atoms. The highest BCUT2D eigenvalue weighted by atomic mass is 16.4. The number of nitrogens with zero attached hydrogens (tertiary/aromatic N) is 5. The monoisotopic (exact) mass is 437 g/mol. The Hall–Kier alpha value is -3.77. The summed E-state index contributed by atoms with van der Waals surface area (Å²) in [6.07, 6.45) is 2.53. The maximum atomic E-state index is 5.93. The second-order valence-corrected chi connectivity index (χ2v) is 8.48. The predicted molar refractivity (Wildman–Crippen MR) is 129 cm³/mol. The second-order valence-electron chi connectivity index (χ2n) is 8.48. The molecule has 5 rings (SSSR count). The summed E-state index contributed by atoms with van der Waals surface area (Å²) in [6, 6.07) is 25.3. The van der Waals surface area contributed by atoms with Gasteiger partial charge in [0.1, 0.15) is 6.33 Å². The van der Waals surface area contributed by atoms with Crippen molar-refractivity contribution in [2.24, 2.45) is 0 Å². The third-order valence-corrected chi connectivity index (χ3v) is 6.26. The molecule has 0 fully saturated rings. The number of aryl methyl sites for hydroxylation is 1. The minimum absolute atomic E-state index is 0.199. The minimum atomic E-state index is 0.199. The Morgan fingerprint density at radius 3 is 2.45 bits per heavy atom. The molecule has 1 atom stereocenters. The number of hydrogen-bond acceptors (Lipinski definition) is 5. The maximum absolute atomic E-state index is 5.93. The highest BCUT2D eigenvalue weighted by Gasteiger charge is 2.16. The minimum Gasteiger partial charge on any atom is -0.424 e. The van der Waals surface area contributed by atoms with E-state index in [1.165, 1.54) is 16.7 Å². The Morgan fingerprint density at radius 2 is 1.64 bits per heavy atom. The van der Waals surface area contributed by atoms with E-state index < -0.39 is 0 Å². The molecule has 0 saturated carbocycles. The SMILES string of the molecule is Cc1ccccc1Cc1nnc(CN(C)[C@@H](C)c2ccc(-n3cnc4ccccc43)cc2)o1. The number of para-hydroxylation sites is 2. The van der Waals surface area contributed by atoms with Gasteiger partial charge in [0, 0.05) is 11.7 Å². The van der Waals surface area contributed by atoms with E-state index >= 15 is 0 Å². The number of fused-ring (bicyclic) bond motifs is 1. The molecule has 0 aliphatic heterocycles. The summed E-state index contributed by atoms with van der Waals surface area (Å²) in [5.74, 6) is 1.28. The van der Waals surface area contributed by atoms with Crippen LogP contribution in [0.2, 0.25) is 0 Å². The Morgan fingerprint density at radius 1 is 0.909 bits per heavy atom. The van der Waals surface area contributed by atoms with Crippen LogP contribution in [-0.2, 0) is 13.0 Å². The van der Waals surface area contributed by atoms with Crippen molar-refractivity contribution in [1.82, 2.24) is 24.6 Å². The third kappa shape index (κ3) is 4.43. The van der Waals surface area contributed by atoms with E-state index in [4.69, 9.17) is 4.42 Å². The lowest BCUT2D eigenvalue weighted by atomic mass is 10.1. The first-order valence-corrected chi connectivity index (χ1v) is 11.2. The first kappa shape index (κ1) is 21.1. The maximum Gasteiger partial charge on any atom is 0.230 e. The molecular formula is C27H27N5O. The Bertz CT molecular complexity index is 1370. The Labute approximate surface area is 193 Å². The average molecular weight is 438 g/mol. The molecule has 0 aliphatic carbocycles. The standard InChI is InChI=1S/C27H27N5O/c1-19-8-4-5-9-22(19)16-26-29-30-27(33-26)17-31(3)20(2)21-12-14-23(15-13-21)32-18-28-24-10-6-7-11-25(24)32/h4-15,18,20H,16-17H2,1-3H3/t20-/m0/s1. The van der Waals surface area contributed by atoms with Gasteiger partial charge in [-0.05, 0) is 61.9 Å². The van der Waals surface area contributed by atoms with E-state index in [2.05, 4.69) is 88.0 Å². The fourth-order valence-corrected chi connectivity index (χ4v) is 4.08. The van der Waals surface area contributed by atoms with Crippen LogP contribution < -0.4 is 0 Å². The smallest absolute Gasteiger partial charge is 0.230 e. The summed E-state index contributed by atoms with van der Waals surface area (Å²) in [4.78, 5) is 6.71. The molecule has 2 heterocycles. The van der Waals surface area contributed by atoms with Crippen molar-refractivity contribution < 1.29 is 4.42 Å². The van der Waals surface area contributed by atoms with Gasteiger partial charge in [-0.3, -0.25) is 9.47 Å². The fourth-order valence-electron chi connectivity index (χ4n) is 4.08. The quantitative estimate of drug-likeness (QED) is 0.336. The van der Waals surface area contributed by atoms with Crippen LogP contribution in [0.25, 0.3) is 16.7 Å². The molecular weight excluding hydrogens is 410 g/mol. The summed E-state index contributed by atoms with van der Waals surface area (Å²) < 4.78 is 8.05. The zero-order valence-electron chi connectivity index (χ0n) is 19.1. The van der Waals surface area contributed by atoms with Crippen molar-refractivity contribution >= 4 is 11.0 Å². The van der Waals surface area contributed by atoms with E-state index in [0.29, 0.717) is 24.7 Å². The Kier molecular flexibility index (Phi) is 5.75.